The van der Waals surface area contributed by atoms with E-state index in [0.717, 1.165) is 22.9 Å². The molecule has 102 valence electrons. The molecule has 0 spiro atoms. The van der Waals surface area contributed by atoms with Crippen molar-refractivity contribution >= 4 is 51.7 Å². The molecule has 3 nitrogen and oxygen atoms in total. The molecule has 2 aromatic carbocycles. The van der Waals surface area contributed by atoms with Gasteiger partial charge < -0.3 is 5.32 Å². The minimum Gasteiger partial charge on any atom is -0.378 e. The number of aromatic nitrogens is 2. The van der Waals surface area contributed by atoms with Gasteiger partial charge in [-0.3, -0.25) is 0 Å². The van der Waals surface area contributed by atoms with Crippen molar-refractivity contribution in [3.8, 4) is 0 Å². The number of nitrogens with one attached hydrogen (secondary N) is 1. The van der Waals surface area contributed by atoms with Crippen LogP contribution >= 0.6 is 34.9 Å². The number of halogens is 2. The third-order valence-electron chi connectivity index (χ3n) is 3.16. The summed E-state index contributed by atoms with van der Waals surface area (Å²) in [5.41, 5.74) is 4.64. The zero-order valence-corrected chi connectivity index (χ0v) is 13.0. The Morgan fingerprint density at radius 3 is 2.65 bits per heavy atom. The van der Waals surface area contributed by atoms with Crippen molar-refractivity contribution in [2.75, 3.05) is 5.32 Å². The predicted octanol–water partition coefficient (Wildman–Crippen LogP) is 4.92. The summed E-state index contributed by atoms with van der Waals surface area (Å²) in [5.74, 6) is 0. The van der Waals surface area contributed by atoms with Crippen LogP contribution in [-0.2, 0) is 6.54 Å². The van der Waals surface area contributed by atoms with Crippen molar-refractivity contribution < 1.29 is 0 Å². The van der Waals surface area contributed by atoms with Crippen LogP contribution in [0.15, 0.2) is 30.3 Å². The van der Waals surface area contributed by atoms with Gasteiger partial charge in [0.2, 0.25) is 0 Å². The van der Waals surface area contributed by atoms with E-state index in [9.17, 15) is 0 Å². The fourth-order valence-corrected chi connectivity index (χ4v) is 3.21. The minimum atomic E-state index is 0.528. The standard InChI is InChI=1S/C14H11Cl2N3S/c1-8-4-2-3-5-9(8)7-17-12-10(15)6-11(16)13-14(12)19-20-18-13/h2-6,17H,7H2,1H3. The lowest BCUT2D eigenvalue weighted by atomic mass is 10.1. The first-order valence-corrected chi connectivity index (χ1v) is 7.54. The molecule has 20 heavy (non-hydrogen) atoms. The van der Waals surface area contributed by atoms with Gasteiger partial charge in [0.15, 0.2) is 0 Å². The second-order valence-corrected chi connectivity index (χ2v) is 5.80. The van der Waals surface area contributed by atoms with Crippen LogP contribution < -0.4 is 5.32 Å². The Morgan fingerprint density at radius 1 is 1.10 bits per heavy atom. The van der Waals surface area contributed by atoms with E-state index in [-0.39, 0.29) is 0 Å². The Kier molecular flexibility index (Phi) is 3.78. The van der Waals surface area contributed by atoms with E-state index in [1.807, 2.05) is 12.1 Å². The predicted molar refractivity (Wildman–Crippen MR) is 85.9 cm³/mol. The van der Waals surface area contributed by atoms with Gasteiger partial charge in [-0.25, -0.2) is 0 Å². The van der Waals surface area contributed by atoms with Crippen molar-refractivity contribution in [3.05, 3.63) is 51.5 Å². The van der Waals surface area contributed by atoms with Gasteiger partial charge in [-0.1, -0.05) is 47.5 Å². The summed E-state index contributed by atoms with van der Waals surface area (Å²) in [4.78, 5) is 0. The molecular weight excluding hydrogens is 313 g/mol. The molecule has 0 aliphatic carbocycles. The van der Waals surface area contributed by atoms with Crippen molar-refractivity contribution in [2.45, 2.75) is 13.5 Å². The summed E-state index contributed by atoms with van der Waals surface area (Å²) < 4.78 is 8.47. The first-order valence-electron chi connectivity index (χ1n) is 6.05. The van der Waals surface area contributed by atoms with E-state index in [2.05, 4.69) is 33.1 Å². The Labute approximate surface area is 130 Å². The highest BCUT2D eigenvalue weighted by Crippen LogP contribution is 2.35. The molecule has 6 heteroatoms. The Hall–Kier alpha value is -1.36. The molecule has 0 radical (unpaired) electrons. The number of hydrogen-bond acceptors (Lipinski definition) is 4. The molecule has 0 fully saturated rings. The lowest BCUT2D eigenvalue weighted by Gasteiger charge is -2.11. The summed E-state index contributed by atoms with van der Waals surface area (Å²) in [7, 11) is 0. The summed E-state index contributed by atoms with van der Waals surface area (Å²) in [5, 5.41) is 4.43. The number of rotatable bonds is 3. The van der Waals surface area contributed by atoms with Gasteiger partial charge in [-0.05, 0) is 24.1 Å². The highest BCUT2D eigenvalue weighted by atomic mass is 35.5. The third-order valence-corrected chi connectivity index (χ3v) is 4.28. The quantitative estimate of drug-likeness (QED) is 0.743. The highest BCUT2D eigenvalue weighted by molar-refractivity contribution is 7.00. The lowest BCUT2D eigenvalue weighted by molar-refractivity contribution is 1.12. The summed E-state index contributed by atoms with van der Waals surface area (Å²) >= 11 is 13.5. The van der Waals surface area contributed by atoms with Crippen LogP contribution in [0.2, 0.25) is 10.0 Å². The van der Waals surface area contributed by atoms with Gasteiger partial charge >= 0.3 is 0 Å². The lowest BCUT2D eigenvalue weighted by Crippen LogP contribution is -2.02. The zero-order chi connectivity index (χ0) is 14.1. The molecule has 0 atom stereocenters. The summed E-state index contributed by atoms with van der Waals surface area (Å²) in [6.07, 6.45) is 0. The van der Waals surface area contributed by atoms with E-state index in [1.165, 1.54) is 11.1 Å². The van der Waals surface area contributed by atoms with E-state index in [4.69, 9.17) is 23.2 Å². The minimum absolute atomic E-state index is 0.528. The van der Waals surface area contributed by atoms with E-state index >= 15 is 0 Å². The normalized spacial score (nSPS) is 10.9. The number of hydrogen-bond donors (Lipinski definition) is 1. The maximum absolute atomic E-state index is 6.26. The third kappa shape index (κ3) is 2.46. The van der Waals surface area contributed by atoms with Crippen molar-refractivity contribution in [1.29, 1.82) is 0 Å². The molecule has 0 amide bonds. The van der Waals surface area contributed by atoms with Crippen LogP contribution in [0.3, 0.4) is 0 Å². The number of benzene rings is 2. The maximum Gasteiger partial charge on any atom is 0.130 e. The number of aryl methyl sites for hydroxylation is 1. The Morgan fingerprint density at radius 2 is 1.85 bits per heavy atom. The molecule has 0 saturated carbocycles. The molecule has 1 N–H and O–H groups in total. The average molecular weight is 324 g/mol. The molecule has 1 heterocycles. The first kappa shape index (κ1) is 13.6. The highest BCUT2D eigenvalue weighted by Gasteiger charge is 2.13. The van der Waals surface area contributed by atoms with Crippen LogP contribution in [0, 0.1) is 6.92 Å². The second-order valence-electron chi connectivity index (χ2n) is 4.46. The van der Waals surface area contributed by atoms with Crippen LogP contribution in [-0.4, -0.2) is 8.75 Å². The molecular formula is C14H11Cl2N3S. The van der Waals surface area contributed by atoms with Gasteiger partial charge in [0.05, 0.1) is 27.5 Å². The molecule has 0 bridgehead atoms. The average Bonchev–Trinajstić information content (AvgIpc) is 2.90. The molecule has 3 aromatic rings. The summed E-state index contributed by atoms with van der Waals surface area (Å²) in [6, 6.07) is 9.92. The molecule has 0 saturated heterocycles. The van der Waals surface area contributed by atoms with Gasteiger partial charge in [0.1, 0.15) is 11.0 Å². The molecule has 0 aliphatic rings. The molecule has 1 aromatic heterocycles. The smallest absolute Gasteiger partial charge is 0.130 e. The largest absolute Gasteiger partial charge is 0.378 e. The SMILES string of the molecule is Cc1ccccc1CNc1c(Cl)cc(Cl)c2nsnc12. The molecule has 3 rings (SSSR count). The fraction of sp³-hybridized carbons (Fsp3) is 0.143. The maximum atomic E-state index is 6.26. The zero-order valence-electron chi connectivity index (χ0n) is 10.7. The monoisotopic (exact) mass is 323 g/mol. The van der Waals surface area contributed by atoms with Gasteiger partial charge in [0.25, 0.3) is 0 Å². The Bertz CT molecular complexity index is 770. The van der Waals surface area contributed by atoms with Crippen molar-refractivity contribution in [2.24, 2.45) is 0 Å². The van der Waals surface area contributed by atoms with Crippen LogP contribution in [0.4, 0.5) is 5.69 Å². The van der Waals surface area contributed by atoms with Gasteiger partial charge in [0, 0.05) is 6.54 Å². The first-order chi connectivity index (χ1) is 9.66. The Balaban J connectivity index is 1.95. The fourth-order valence-electron chi connectivity index (χ4n) is 2.03. The summed E-state index contributed by atoms with van der Waals surface area (Å²) in [6.45, 7) is 2.77. The van der Waals surface area contributed by atoms with Crippen LogP contribution in [0.5, 0.6) is 0 Å². The van der Waals surface area contributed by atoms with E-state index < -0.39 is 0 Å². The second kappa shape index (κ2) is 5.56. The van der Waals surface area contributed by atoms with Crippen LogP contribution in [0.25, 0.3) is 11.0 Å². The van der Waals surface area contributed by atoms with Gasteiger partial charge in [-0.15, -0.1) is 0 Å². The van der Waals surface area contributed by atoms with Crippen molar-refractivity contribution in [1.82, 2.24) is 8.75 Å². The topological polar surface area (TPSA) is 37.8 Å². The number of fused-ring (bicyclic) bond motifs is 1. The van der Waals surface area contributed by atoms with E-state index in [1.54, 1.807) is 6.07 Å². The molecule has 0 aliphatic heterocycles. The van der Waals surface area contributed by atoms with Crippen LogP contribution in [0.1, 0.15) is 11.1 Å². The van der Waals surface area contributed by atoms with Gasteiger partial charge in [-0.2, -0.15) is 8.75 Å². The number of nitrogens with zero attached hydrogens (tertiary/aromatic N) is 2. The number of anilines is 1. The van der Waals surface area contributed by atoms with E-state index in [0.29, 0.717) is 22.1 Å². The molecule has 0 unspecified atom stereocenters. The van der Waals surface area contributed by atoms with Crippen molar-refractivity contribution in [3.63, 3.8) is 0 Å².